The molecular weight excluding hydrogens is 255 g/mol. The van der Waals surface area contributed by atoms with Gasteiger partial charge in [-0.15, -0.1) is 0 Å². The molecule has 0 aliphatic rings. The van der Waals surface area contributed by atoms with Crippen molar-refractivity contribution in [2.45, 2.75) is 39.2 Å². The van der Waals surface area contributed by atoms with E-state index in [0.29, 0.717) is 25.6 Å². The van der Waals surface area contributed by atoms with Crippen molar-refractivity contribution >= 4 is 5.69 Å². The topological polar surface area (TPSA) is 38.5 Å². The maximum atomic E-state index is 13.8. The van der Waals surface area contributed by atoms with Crippen LogP contribution >= 0.6 is 0 Å². The third-order valence-corrected chi connectivity index (χ3v) is 3.63. The second kappa shape index (κ2) is 8.93. The minimum absolute atomic E-state index is 0.195. The van der Waals surface area contributed by atoms with Gasteiger partial charge in [0.1, 0.15) is 5.82 Å². The van der Waals surface area contributed by atoms with Crippen molar-refractivity contribution in [2.75, 3.05) is 31.7 Å². The number of ether oxygens (including phenoxy) is 1. The van der Waals surface area contributed by atoms with Crippen molar-refractivity contribution in [3.63, 3.8) is 0 Å². The molecule has 1 rings (SSSR count). The Bertz CT molecular complexity index is 394. The van der Waals surface area contributed by atoms with Gasteiger partial charge < -0.3 is 15.4 Å². The van der Waals surface area contributed by atoms with Crippen molar-refractivity contribution in [2.24, 2.45) is 5.73 Å². The largest absolute Gasteiger partial charge is 0.383 e. The standard InChI is InChI=1S/C16H27FN2O/c1-4-15(5-2)19(8-9-20-3)16-11-13(6-7-18)10-14(17)12-16/h10-12,15H,4-9,18H2,1-3H3. The van der Waals surface area contributed by atoms with Gasteiger partial charge in [-0.05, 0) is 49.6 Å². The predicted molar refractivity (Wildman–Crippen MR) is 82.8 cm³/mol. The molecule has 20 heavy (non-hydrogen) atoms. The second-order valence-electron chi connectivity index (χ2n) is 5.01. The molecule has 1 aromatic carbocycles. The van der Waals surface area contributed by atoms with E-state index in [9.17, 15) is 4.39 Å². The van der Waals surface area contributed by atoms with Crippen LogP contribution in [0.25, 0.3) is 0 Å². The first-order valence-corrected chi connectivity index (χ1v) is 7.41. The first-order chi connectivity index (χ1) is 9.65. The number of benzene rings is 1. The molecular formula is C16H27FN2O. The quantitative estimate of drug-likeness (QED) is 0.757. The Morgan fingerprint density at radius 3 is 2.50 bits per heavy atom. The van der Waals surface area contributed by atoms with E-state index in [0.717, 1.165) is 30.6 Å². The normalized spacial score (nSPS) is 11.1. The summed E-state index contributed by atoms with van der Waals surface area (Å²) in [6.07, 6.45) is 2.76. The van der Waals surface area contributed by atoms with E-state index in [1.807, 2.05) is 6.07 Å². The van der Waals surface area contributed by atoms with Crippen molar-refractivity contribution in [1.29, 1.82) is 0 Å². The molecule has 0 heterocycles. The van der Waals surface area contributed by atoms with Gasteiger partial charge in [0.15, 0.2) is 0 Å². The van der Waals surface area contributed by atoms with Crippen LogP contribution in [-0.4, -0.2) is 32.8 Å². The van der Waals surface area contributed by atoms with Crippen LogP contribution in [0.2, 0.25) is 0 Å². The molecule has 2 N–H and O–H groups in total. The highest BCUT2D eigenvalue weighted by Crippen LogP contribution is 2.23. The molecule has 4 heteroatoms. The van der Waals surface area contributed by atoms with Crippen molar-refractivity contribution in [3.8, 4) is 0 Å². The van der Waals surface area contributed by atoms with Gasteiger partial charge in [-0.2, -0.15) is 0 Å². The Balaban J connectivity index is 3.04. The first-order valence-electron chi connectivity index (χ1n) is 7.41. The minimum Gasteiger partial charge on any atom is -0.383 e. The van der Waals surface area contributed by atoms with Gasteiger partial charge in [0, 0.05) is 25.4 Å². The fraction of sp³-hybridized carbons (Fsp3) is 0.625. The van der Waals surface area contributed by atoms with Crippen molar-refractivity contribution < 1.29 is 9.13 Å². The zero-order valence-corrected chi connectivity index (χ0v) is 12.9. The molecule has 0 radical (unpaired) electrons. The van der Waals surface area contributed by atoms with E-state index < -0.39 is 0 Å². The molecule has 0 aromatic heterocycles. The van der Waals surface area contributed by atoms with Gasteiger partial charge >= 0.3 is 0 Å². The molecule has 0 atom stereocenters. The molecule has 0 saturated carbocycles. The van der Waals surface area contributed by atoms with Gasteiger partial charge in [0.05, 0.1) is 6.61 Å². The summed E-state index contributed by atoms with van der Waals surface area (Å²) in [6.45, 7) is 6.27. The number of hydrogen-bond acceptors (Lipinski definition) is 3. The number of nitrogens with zero attached hydrogens (tertiary/aromatic N) is 1. The van der Waals surface area contributed by atoms with Crippen molar-refractivity contribution in [1.82, 2.24) is 0 Å². The van der Waals surface area contributed by atoms with E-state index in [2.05, 4.69) is 18.7 Å². The molecule has 0 aliphatic carbocycles. The molecule has 0 bridgehead atoms. The SMILES string of the molecule is CCC(CC)N(CCOC)c1cc(F)cc(CCN)c1. The molecule has 0 amide bonds. The Morgan fingerprint density at radius 1 is 1.25 bits per heavy atom. The van der Waals surface area contributed by atoms with Crippen LogP contribution in [0.15, 0.2) is 18.2 Å². The van der Waals surface area contributed by atoms with E-state index in [1.165, 1.54) is 0 Å². The van der Waals surface area contributed by atoms with E-state index in [1.54, 1.807) is 19.2 Å². The summed E-state index contributed by atoms with van der Waals surface area (Å²) in [5.74, 6) is -0.195. The number of rotatable bonds is 9. The second-order valence-corrected chi connectivity index (χ2v) is 5.01. The number of halogens is 1. The molecule has 3 nitrogen and oxygen atoms in total. The lowest BCUT2D eigenvalue weighted by Crippen LogP contribution is -2.37. The molecule has 114 valence electrons. The highest BCUT2D eigenvalue weighted by molar-refractivity contribution is 5.50. The van der Waals surface area contributed by atoms with Crippen molar-refractivity contribution in [3.05, 3.63) is 29.6 Å². The Morgan fingerprint density at radius 2 is 1.95 bits per heavy atom. The van der Waals surface area contributed by atoms with Gasteiger partial charge in [-0.3, -0.25) is 0 Å². The van der Waals surface area contributed by atoms with E-state index in [4.69, 9.17) is 10.5 Å². The summed E-state index contributed by atoms with van der Waals surface area (Å²) in [4.78, 5) is 2.24. The monoisotopic (exact) mass is 282 g/mol. The van der Waals surface area contributed by atoms with Crippen LogP contribution in [-0.2, 0) is 11.2 Å². The molecule has 1 aromatic rings. The van der Waals surface area contributed by atoms with E-state index >= 15 is 0 Å². The van der Waals surface area contributed by atoms with E-state index in [-0.39, 0.29) is 5.82 Å². The maximum Gasteiger partial charge on any atom is 0.125 e. The highest BCUT2D eigenvalue weighted by Gasteiger charge is 2.16. The smallest absolute Gasteiger partial charge is 0.125 e. The van der Waals surface area contributed by atoms with Crippen LogP contribution < -0.4 is 10.6 Å². The summed E-state index contributed by atoms with van der Waals surface area (Å²) in [5, 5.41) is 0. The number of nitrogens with two attached hydrogens (primary N) is 1. The Hall–Kier alpha value is -1.13. The van der Waals surface area contributed by atoms with Gasteiger partial charge in [0.2, 0.25) is 0 Å². The minimum atomic E-state index is -0.195. The zero-order valence-electron chi connectivity index (χ0n) is 12.9. The van der Waals surface area contributed by atoms with Crippen LogP contribution in [0.4, 0.5) is 10.1 Å². The van der Waals surface area contributed by atoms with Gasteiger partial charge in [-0.25, -0.2) is 4.39 Å². The van der Waals surface area contributed by atoms with Gasteiger partial charge in [-0.1, -0.05) is 13.8 Å². The third-order valence-electron chi connectivity index (χ3n) is 3.63. The summed E-state index contributed by atoms with van der Waals surface area (Å²) >= 11 is 0. The Labute approximate surface area is 121 Å². The molecule has 0 fully saturated rings. The third kappa shape index (κ3) is 4.76. The molecule has 0 spiro atoms. The lowest BCUT2D eigenvalue weighted by Gasteiger charge is -2.33. The number of hydrogen-bond donors (Lipinski definition) is 1. The lowest BCUT2D eigenvalue weighted by molar-refractivity contribution is 0.202. The maximum absolute atomic E-state index is 13.8. The summed E-state index contributed by atoms with van der Waals surface area (Å²) < 4.78 is 19.0. The average molecular weight is 282 g/mol. The number of anilines is 1. The summed E-state index contributed by atoms with van der Waals surface area (Å²) in [7, 11) is 1.69. The highest BCUT2D eigenvalue weighted by atomic mass is 19.1. The summed E-state index contributed by atoms with van der Waals surface area (Å²) in [6, 6.07) is 5.62. The van der Waals surface area contributed by atoms with Crippen LogP contribution in [0.5, 0.6) is 0 Å². The lowest BCUT2D eigenvalue weighted by atomic mass is 10.1. The fourth-order valence-electron chi connectivity index (χ4n) is 2.55. The Kier molecular flexibility index (Phi) is 7.55. The molecule has 0 aliphatic heterocycles. The van der Waals surface area contributed by atoms with Gasteiger partial charge in [0.25, 0.3) is 0 Å². The zero-order chi connectivity index (χ0) is 15.0. The summed E-state index contributed by atoms with van der Waals surface area (Å²) in [5.41, 5.74) is 7.46. The molecule has 0 unspecified atom stereocenters. The fourth-order valence-corrected chi connectivity index (χ4v) is 2.55. The first kappa shape index (κ1) is 16.9. The predicted octanol–water partition coefficient (Wildman–Crippen LogP) is 2.97. The number of methoxy groups -OCH3 is 1. The molecule has 0 saturated heterocycles. The average Bonchev–Trinajstić information content (AvgIpc) is 2.43. The van der Waals surface area contributed by atoms with Crippen LogP contribution in [0, 0.1) is 5.82 Å². The van der Waals surface area contributed by atoms with Crippen LogP contribution in [0.3, 0.4) is 0 Å². The van der Waals surface area contributed by atoms with Crippen LogP contribution in [0.1, 0.15) is 32.3 Å².